The van der Waals surface area contributed by atoms with Crippen molar-refractivity contribution in [1.29, 1.82) is 0 Å². The molecule has 128 valence electrons. The number of carbonyl (C=O) groups excluding carboxylic acids is 2. The van der Waals surface area contributed by atoms with Crippen LogP contribution in [0.5, 0.6) is 5.75 Å². The number of nitrogens with zero attached hydrogens (tertiary/aromatic N) is 1. The van der Waals surface area contributed by atoms with E-state index in [9.17, 15) is 9.59 Å². The van der Waals surface area contributed by atoms with Crippen molar-refractivity contribution >= 4 is 18.1 Å². The van der Waals surface area contributed by atoms with Gasteiger partial charge in [0.25, 0.3) is 5.91 Å². The molecular formula is C19H18N2O4. The first-order valence-electron chi connectivity index (χ1n) is 7.49. The molecule has 0 spiro atoms. The average Bonchev–Trinajstić information content (AvgIpc) is 2.66. The molecule has 0 aliphatic carbocycles. The Bertz CT molecular complexity index is 765. The van der Waals surface area contributed by atoms with Crippen molar-refractivity contribution < 1.29 is 19.1 Å². The molecule has 1 N–H and O–H groups in total. The molecule has 2 aromatic rings. The van der Waals surface area contributed by atoms with Crippen LogP contribution in [0.15, 0.2) is 66.3 Å². The Balaban J connectivity index is 1.91. The second-order valence-electron chi connectivity index (χ2n) is 4.94. The summed E-state index contributed by atoms with van der Waals surface area (Å²) in [6, 6.07) is 13.3. The van der Waals surface area contributed by atoms with Crippen molar-refractivity contribution in [3.05, 3.63) is 77.9 Å². The van der Waals surface area contributed by atoms with E-state index in [1.807, 2.05) is 0 Å². The molecular weight excluding hydrogens is 320 g/mol. The molecule has 0 bridgehead atoms. The highest BCUT2D eigenvalue weighted by atomic mass is 16.5. The maximum atomic E-state index is 12.0. The van der Waals surface area contributed by atoms with Gasteiger partial charge in [-0.15, -0.1) is 0 Å². The van der Waals surface area contributed by atoms with Gasteiger partial charge in [0.05, 0.1) is 18.9 Å². The van der Waals surface area contributed by atoms with Gasteiger partial charge in [0.1, 0.15) is 12.4 Å². The Morgan fingerprint density at radius 2 is 1.72 bits per heavy atom. The van der Waals surface area contributed by atoms with Crippen molar-refractivity contribution in [2.75, 3.05) is 13.7 Å². The van der Waals surface area contributed by atoms with Crippen LogP contribution < -0.4 is 10.2 Å². The maximum Gasteiger partial charge on any atom is 0.337 e. The van der Waals surface area contributed by atoms with Crippen LogP contribution in [0.1, 0.15) is 26.3 Å². The van der Waals surface area contributed by atoms with Crippen LogP contribution in [0.3, 0.4) is 0 Å². The zero-order chi connectivity index (χ0) is 18.1. The number of hydrazone groups is 1. The van der Waals surface area contributed by atoms with E-state index in [1.165, 1.54) is 13.3 Å². The zero-order valence-electron chi connectivity index (χ0n) is 13.8. The first-order valence-corrected chi connectivity index (χ1v) is 7.49. The number of rotatable bonds is 7. The molecule has 0 saturated heterocycles. The van der Waals surface area contributed by atoms with E-state index in [-0.39, 0.29) is 5.91 Å². The van der Waals surface area contributed by atoms with Crippen molar-refractivity contribution in [2.24, 2.45) is 5.10 Å². The molecule has 0 saturated carbocycles. The van der Waals surface area contributed by atoms with Gasteiger partial charge in [-0.25, -0.2) is 10.2 Å². The van der Waals surface area contributed by atoms with E-state index in [4.69, 9.17) is 4.74 Å². The molecule has 0 aliphatic heterocycles. The summed E-state index contributed by atoms with van der Waals surface area (Å²) in [5.41, 5.74) is 4.09. The average molecular weight is 338 g/mol. The van der Waals surface area contributed by atoms with Crippen LogP contribution >= 0.6 is 0 Å². The lowest BCUT2D eigenvalue weighted by Crippen LogP contribution is -2.17. The molecule has 0 unspecified atom stereocenters. The van der Waals surface area contributed by atoms with Gasteiger partial charge in [0.2, 0.25) is 0 Å². The first-order chi connectivity index (χ1) is 12.1. The standard InChI is InChI=1S/C19H18N2O4/c1-3-12-25-17-10-8-15(9-11-17)18(22)21-20-13-14-4-6-16(7-5-14)19(23)24-2/h3-11,13H,1,12H2,2H3,(H,21,22). The van der Waals surface area contributed by atoms with Crippen LogP contribution in [-0.2, 0) is 4.74 Å². The summed E-state index contributed by atoms with van der Waals surface area (Å²) < 4.78 is 9.98. The molecule has 0 aromatic heterocycles. The van der Waals surface area contributed by atoms with Gasteiger partial charge in [-0.3, -0.25) is 4.79 Å². The molecule has 0 radical (unpaired) electrons. The monoisotopic (exact) mass is 338 g/mol. The fourth-order valence-electron chi connectivity index (χ4n) is 1.91. The lowest BCUT2D eigenvalue weighted by atomic mass is 10.1. The molecule has 0 aliphatic rings. The van der Waals surface area contributed by atoms with Crippen LogP contribution in [0.2, 0.25) is 0 Å². The van der Waals surface area contributed by atoms with E-state index in [2.05, 4.69) is 21.8 Å². The van der Waals surface area contributed by atoms with Crippen LogP contribution in [0, 0.1) is 0 Å². The molecule has 1 amide bonds. The fraction of sp³-hybridized carbons (Fsp3) is 0.105. The highest BCUT2D eigenvalue weighted by Crippen LogP contribution is 2.12. The molecule has 25 heavy (non-hydrogen) atoms. The Kier molecular flexibility index (Phi) is 6.47. The fourth-order valence-corrected chi connectivity index (χ4v) is 1.91. The Hall–Kier alpha value is -3.41. The van der Waals surface area contributed by atoms with Crippen molar-refractivity contribution in [3.63, 3.8) is 0 Å². The molecule has 2 rings (SSSR count). The predicted molar refractivity (Wildman–Crippen MR) is 95.0 cm³/mol. The Morgan fingerprint density at radius 3 is 2.32 bits per heavy atom. The van der Waals surface area contributed by atoms with Gasteiger partial charge >= 0.3 is 5.97 Å². The lowest BCUT2D eigenvalue weighted by Gasteiger charge is -2.04. The highest BCUT2D eigenvalue weighted by molar-refractivity contribution is 5.95. The van der Waals surface area contributed by atoms with Crippen molar-refractivity contribution in [3.8, 4) is 5.75 Å². The van der Waals surface area contributed by atoms with Gasteiger partial charge in [-0.2, -0.15) is 5.10 Å². The summed E-state index contributed by atoms with van der Waals surface area (Å²) in [5, 5.41) is 3.90. The van der Waals surface area contributed by atoms with Gasteiger partial charge in [-0.1, -0.05) is 24.8 Å². The lowest BCUT2D eigenvalue weighted by molar-refractivity contribution is 0.0600. The van der Waals surface area contributed by atoms with Gasteiger partial charge in [0, 0.05) is 5.56 Å². The summed E-state index contributed by atoms with van der Waals surface area (Å²) in [5.74, 6) is -0.0827. The summed E-state index contributed by atoms with van der Waals surface area (Å²) in [7, 11) is 1.32. The number of benzene rings is 2. The minimum Gasteiger partial charge on any atom is -0.490 e. The van der Waals surface area contributed by atoms with Gasteiger partial charge < -0.3 is 9.47 Å². The zero-order valence-corrected chi connectivity index (χ0v) is 13.8. The third-order valence-electron chi connectivity index (χ3n) is 3.20. The molecule has 0 heterocycles. The maximum absolute atomic E-state index is 12.0. The number of carbonyl (C=O) groups is 2. The Morgan fingerprint density at radius 1 is 1.08 bits per heavy atom. The third-order valence-corrected chi connectivity index (χ3v) is 3.20. The number of amides is 1. The molecule has 6 nitrogen and oxygen atoms in total. The first kappa shape index (κ1) is 17.9. The molecule has 2 aromatic carbocycles. The third kappa shape index (κ3) is 5.31. The van der Waals surface area contributed by atoms with E-state index >= 15 is 0 Å². The molecule has 0 atom stereocenters. The summed E-state index contributed by atoms with van der Waals surface area (Å²) in [6.07, 6.45) is 3.13. The number of hydrogen-bond donors (Lipinski definition) is 1. The smallest absolute Gasteiger partial charge is 0.337 e. The number of methoxy groups -OCH3 is 1. The van der Waals surface area contributed by atoms with Crippen molar-refractivity contribution in [2.45, 2.75) is 0 Å². The van der Waals surface area contributed by atoms with E-state index in [1.54, 1.807) is 54.6 Å². The highest BCUT2D eigenvalue weighted by Gasteiger charge is 2.05. The van der Waals surface area contributed by atoms with Crippen LogP contribution in [0.25, 0.3) is 0 Å². The summed E-state index contributed by atoms with van der Waals surface area (Å²) in [6.45, 7) is 3.98. The quantitative estimate of drug-likeness (QED) is 0.364. The predicted octanol–water partition coefficient (Wildman–Crippen LogP) is 2.80. The van der Waals surface area contributed by atoms with Crippen LogP contribution in [0.4, 0.5) is 0 Å². The normalized spacial score (nSPS) is 10.3. The second-order valence-corrected chi connectivity index (χ2v) is 4.94. The van der Waals surface area contributed by atoms with Gasteiger partial charge in [-0.05, 0) is 42.0 Å². The number of nitrogens with one attached hydrogen (secondary N) is 1. The minimum atomic E-state index is -0.405. The number of ether oxygens (including phenoxy) is 2. The van der Waals surface area contributed by atoms with Crippen LogP contribution in [-0.4, -0.2) is 31.8 Å². The number of hydrogen-bond acceptors (Lipinski definition) is 5. The topological polar surface area (TPSA) is 77.0 Å². The van der Waals surface area contributed by atoms with E-state index < -0.39 is 5.97 Å². The molecule has 0 fully saturated rings. The molecule has 6 heteroatoms. The van der Waals surface area contributed by atoms with E-state index in [0.29, 0.717) is 23.5 Å². The van der Waals surface area contributed by atoms with Crippen molar-refractivity contribution in [1.82, 2.24) is 5.43 Å². The second kappa shape index (κ2) is 9.02. The SMILES string of the molecule is C=CCOc1ccc(C(=O)NN=Cc2ccc(C(=O)OC)cc2)cc1. The summed E-state index contributed by atoms with van der Waals surface area (Å²) >= 11 is 0. The summed E-state index contributed by atoms with van der Waals surface area (Å²) in [4.78, 5) is 23.3. The van der Waals surface area contributed by atoms with E-state index in [0.717, 1.165) is 5.56 Å². The van der Waals surface area contributed by atoms with Gasteiger partial charge in [0.15, 0.2) is 0 Å². The largest absolute Gasteiger partial charge is 0.490 e. The number of esters is 1. The Labute approximate surface area is 145 Å². The minimum absolute atomic E-state index is 0.335.